The lowest BCUT2D eigenvalue weighted by Gasteiger charge is -2.19. The highest BCUT2D eigenvalue weighted by Crippen LogP contribution is 2.30. The second kappa shape index (κ2) is 7.50. The molecule has 3 aromatic rings. The summed E-state index contributed by atoms with van der Waals surface area (Å²) in [6.07, 6.45) is -3.15. The Morgan fingerprint density at radius 3 is 2.39 bits per heavy atom. The van der Waals surface area contributed by atoms with Crippen molar-refractivity contribution in [3.63, 3.8) is 0 Å². The summed E-state index contributed by atoms with van der Waals surface area (Å²) in [6, 6.07) is 12.3. The van der Waals surface area contributed by atoms with Gasteiger partial charge in [-0.25, -0.2) is 0 Å². The molecule has 0 aliphatic heterocycles. The monoisotopic (exact) mass is 388 g/mol. The third-order valence-electron chi connectivity index (χ3n) is 4.59. The number of alkyl halides is 3. The van der Waals surface area contributed by atoms with E-state index in [4.69, 9.17) is 0 Å². The van der Waals surface area contributed by atoms with E-state index in [1.807, 2.05) is 30.3 Å². The topological polar surface area (TPSA) is 42.3 Å². The van der Waals surface area contributed by atoms with Crippen molar-refractivity contribution in [2.45, 2.75) is 26.2 Å². The Labute approximate surface area is 159 Å². The molecule has 0 unspecified atom stereocenters. The molecule has 0 aliphatic carbocycles. The fourth-order valence-electron chi connectivity index (χ4n) is 3.12. The summed E-state index contributed by atoms with van der Waals surface area (Å²) in [5.74, 6) is -0.532. The average molecular weight is 388 g/mol. The molecule has 0 spiro atoms. The van der Waals surface area contributed by atoms with Crippen LogP contribution in [0.25, 0.3) is 10.9 Å². The van der Waals surface area contributed by atoms with Crippen molar-refractivity contribution in [1.82, 2.24) is 9.47 Å². The number of hydrogen-bond donors (Lipinski definition) is 0. The van der Waals surface area contributed by atoms with Gasteiger partial charge in [0.25, 0.3) is 5.91 Å². The smallest absolute Gasteiger partial charge is 0.347 e. The maximum atomic E-state index is 13.1. The number of pyridine rings is 1. The summed E-state index contributed by atoms with van der Waals surface area (Å²) < 4.78 is 40.8. The zero-order valence-corrected chi connectivity index (χ0v) is 15.5. The molecule has 0 fully saturated rings. The van der Waals surface area contributed by atoms with Crippen molar-refractivity contribution >= 4 is 16.8 Å². The van der Waals surface area contributed by atoms with E-state index in [1.165, 1.54) is 17.2 Å². The Bertz CT molecular complexity index is 1070. The van der Waals surface area contributed by atoms with Crippen LogP contribution in [0.15, 0.2) is 59.5 Å². The van der Waals surface area contributed by atoms with E-state index in [2.05, 4.69) is 0 Å². The zero-order valence-electron chi connectivity index (χ0n) is 15.5. The van der Waals surface area contributed by atoms with E-state index in [1.54, 1.807) is 18.5 Å². The fourth-order valence-corrected chi connectivity index (χ4v) is 3.12. The van der Waals surface area contributed by atoms with Crippen LogP contribution in [-0.4, -0.2) is 22.4 Å². The molecule has 1 heterocycles. The second-order valence-electron chi connectivity index (χ2n) is 6.53. The van der Waals surface area contributed by atoms with Gasteiger partial charge in [0.15, 0.2) is 0 Å². The van der Waals surface area contributed by atoms with E-state index in [0.29, 0.717) is 12.1 Å². The lowest BCUT2D eigenvalue weighted by Crippen LogP contribution is -2.31. The van der Waals surface area contributed by atoms with Crippen molar-refractivity contribution < 1.29 is 18.0 Å². The fraction of sp³-hybridized carbons (Fsp3) is 0.238. The lowest BCUT2D eigenvalue weighted by atomic mass is 10.1. The molecule has 3 rings (SSSR count). The van der Waals surface area contributed by atoms with E-state index in [9.17, 15) is 22.8 Å². The van der Waals surface area contributed by atoms with Crippen LogP contribution in [0.5, 0.6) is 0 Å². The maximum Gasteiger partial charge on any atom is 0.416 e. The van der Waals surface area contributed by atoms with Crippen molar-refractivity contribution in [3.05, 3.63) is 81.6 Å². The van der Waals surface area contributed by atoms with Crippen LogP contribution < -0.4 is 5.43 Å². The van der Waals surface area contributed by atoms with Gasteiger partial charge in [-0.15, -0.1) is 0 Å². The van der Waals surface area contributed by atoms with Gasteiger partial charge in [-0.1, -0.05) is 30.3 Å². The number of benzene rings is 2. The van der Waals surface area contributed by atoms with Crippen molar-refractivity contribution in [2.75, 3.05) is 7.05 Å². The summed E-state index contributed by atoms with van der Waals surface area (Å²) in [7, 11) is 1.56. The molecule has 0 atom stereocenters. The molecule has 0 N–H and O–H groups in total. The normalized spacial score (nSPS) is 11.6. The van der Waals surface area contributed by atoms with Gasteiger partial charge >= 0.3 is 6.18 Å². The average Bonchev–Trinajstić information content (AvgIpc) is 2.67. The van der Waals surface area contributed by atoms with Crippen LogP contribution >= 0.6 is 0 Å². The number of amides is 1. The number of aryl methyl sites for hydroxylation is 1. The van der Waals surface area contributed by atoms with Crippen LogP contribution in [-0.2, 0) is 19.3 Å². The van der Waals surface area contributed by atoms with Crippen molar-refractivity contribution in [2.24, 2.45) is 0 Å². The van der Waals surface area contributed by atoms with Gasteiger partial charge in [-0.05, 0) is 30.7 Å². The van der Waals surface area contributed by atoms with Crippen molar-refractivity contribution in [1.29, 1.82) is 0 Å². The predicted octanol–water partition coefficient (Wildman–Crippen LogP) is 4.31. The Morgan fingerprint density at radius 2 is 1.79 bits per heavy atom. The summed E-state index contributed by atoms with van der Waals surface area (Å²) in [5, 5.41) is -0.115. The minimum atomic E-state index is -4.57. The number of carbonyl (C=O) groups excluding carboxylic acids is 1. The van der Waals surface area contributed by atoms with Gasteiger partial charge in [-0.2, -0.15) is 13.2 Å². The van der Waals surface area contributed by atoms with Crippen LogP contribution in [0.3, 0.4) is 0 Å². The molecular formula is C21H19F3N2O2. The van der Waals surface area contributed by atoms with Gasteiger partial charge in [0, 0.05) is 31.7 Å². The number of nitrogens with zero attached hydrogens (tertiary/aromatic N) is 2. The minimum Gasteiger partial charge on any atom is -0.347 e. The Balaban J connectivity index is 2.08. The largest absolute Gasteiger partial charge is 0.416 e. The van der Waals surface area contributed by atoms with Crippen LogP contribution in [0.4, 0.5) is 13.2 Å². The Morgan fingerprint density at radius 1 is 1.11 bits per heavy atom. The number of fused-ring (bicyclic) bond motifs is 1. The van der Waals surface area contributed by atoms with E-state index >= 15 is 0 Å². The molecule has 4 nitrogen and oxygen atoms in total. The number of carbonyl (C=O) groups is 1. The highest BCUT2D eigenvalue weighted by Gasteiger charge is 2.31. The molecule has 0 saturated carbocycles. The summed E-state index contributed by atoms with van der Waals surface area (Å²) in [5.41, 5.74) is -0.512. The molecule has 2 aromatic carbocycles. The van der Waals surface area contributed by atoms with Gasteiger partial charge < -0.3 is 9.47 Å². The third kappa shape index (κ3) is 3.78. The predicted molar refractivity (Wildman–Crippen MR) is 101 cm³/mol. The van der Waals surface area contributed by atoms with E-state index in [0.717, 1.165) is 17.7 Å². The Kier molecular flexibility index (Phi) is 5.27. The summed E-state index contributed by atoms with van der Waals surface area (Å²) in [6.45, 7) is 2.49. The molecule has 0 radical (unpaired) electrons. The van der Waals surface area contributed by atoms with E-state index < -0.39 is 23.1 Å². The first kappa shape index (κ1) is 19.7. The maximum absolute atomic E-state index is 13.1. The van der Waals surface area contributed by atoms with Gasteiger partial charge in [0.05, 0.1) is 11.1 Å². The van der Waals surface area contributed by atoms with Crippen LogP contribution in [0.2, 0.25) is 0 Å². The zero-order chi connectivity index (χ0) is 20.5. The Hall–Kier alpha value is -3.09. The molecule has 0 bridgehead atoms. The molecule has 0 saturated heterocycles. The molecule has 1 aromatic heterocycles. The number of hydrogen-bond acceptors (Lipinski definition) is 2. The quantitative estimate of drug-likeness (QED) is 0.668. The highest BCUT2D eigenvalue weighted by molar-refractivity contribution is 5.97. The number of halogens is 3. The number of aromatic nitrogens is 1. The molecule has 146 valence electrons. The summed E-state index contributed by atoms with van der Waals surface area (Å²) >= 11 is 0. The second-order valence-corrected chi connectivity index (χ2v) is 6.53. The van der Waals surface area contributed by atoms with Gasteiger partial charge in [-0.3, -0.25) is 9.59 Å². The molecular weight excluding hydrogens is 369 g/mol. The first-order valence-electron chi connectivity index (χ1n) is 8.76. The van der Waals surface area contributed by atoms with Gasteiger partial charge in [0.1, 0.15) is 5.56 Å². The standard InChI is InChI=1S/C21H19F3N2O2/c1-3-26-13-17(20(28)25(2)12-14-7-5-4-6-8-14)19(27)16-11-15(21(22,23)24)9-10-18(16)26/h4-11,13H,3,12H2,1-2H3. The lowest BCUT2D eigenvalue weighted by molar-refractivity contribution is -0.137. The van der Waals surface area contributed by atoms with Crippen LogP contribution in [0.1, 0.15) is 28.4 Å². The minimum absolute atomic E-state index is 0.115. The third-order valence-corrected chi connectivity index (χ3v) is 4.59. The highest BCUT2D eigenvalue weighted by atomic mass is 19.4. The summed E-state index contributed by atoms with van der Waals surface area (Å²) in [4.78, 5) is 27.1. The molecule has 7 heteroatoms. The van der Waals surface area contributed by atoms with Gasteiger partial charge in [0.2, 0.25) is 5.43 Å². The van der Waals surface area contributed by atoms with Crippen LogP contribution in [0, 0.1) is 0 Å². The molecule has 0 aliphatic rings. The first-order valence-corrected chi connectivity index (χ1v) is 8.76. The molecule has 1 amide bonds. The number of rotatable bonds is 4. The van der Waals surface area contributed by atoms with Crippen molar-refractivity contribution in [3.8, 4) is 0 Å². The SMILES string of the molecule is CCn1cc(C(=O)N(C)Cc2ccccc2)c(=O)c2cc(C(F)(F)F)ccc21. The van der Waals surface area contributed by atoms with E-state index in [-0.39, 0.29) is 17.5 Å². The first-order chi connectivity index (χ1) is 13.2. The molecule has 28 heavy (non-hydrogen) atoms.